The van der Waals surface area contributed by atoms with E-state index >= 15 is 0 Å². The fraction of sp³-hybridized carbons (Fsp3) is 0.481. The molecule has 3 atom stereocenters. The van der Waals surface area contributed by atoms with E-state index in [0.717, 1.165) is 49.8 Å². The third-order valence-corrected chi connectivity index (χ3v) is 7.91. The molecule has 0 radical (unpaired) electrons. The van der Waals surface area contributed by atoms with Crippen LogP contribution in [0.4, 0.5) is 4.79 Å². The van der Waals surface area contributed by atoms with Crippen molar-refractivity contribution >= 4 is 11.9 Å². The molecule has 0 aromatic heterocycles. The van der Waals surface area contributed by atoms with Gasteiger partial charge in [-0.15, -0.1) is 0 Å². The molecule has 2 heterocycles. The zero-order valence-corrected chi connectivity index (χ0v) is 20.2. The summed E-state index contributed by atoms with van der Waals surface area (Å²) in [7, 11) is 3.29. The molecule has 34 heavy (non-hydrogen) atoms. The Morgan fingerprint density at radius 1 is 1.06 bits per heavy atom. The predicted octanol–water partition coefficient (Wildman–Crippen LogP) is 4.11. The van der Waals surface area contributed by atoms with E-state index in [0.29, 0.717) is 11.5 Å². The number of nitrogens with zero attached hydrogens (tertiary/aromatic N) is 2. The largest absolute Gasteiger partial charge is 0.493 e. The van der Waals surface area contributed by atoms with Gasteiger partial charge in [-0.25, -0.2) is 9.69 Å². The van der Waals surface area contributed by atoms with E-state index < -0.39 is 5.54 Å². The van der Waals surface area contributed by atoms with E-state index in [1.165, 1.54) is 10.5 Å². The SMILES string of the molecule is COc1cc2c(cc1OC)[C@H](c1ccccc1)N(CN1C(=O)N[C@]3(CCCC[C@H]3C)C1=O)CC2. The number of rotatable bonds is 5. The summed E-state index contributed by atoms with van der Waals surface area (Å²) in [4.78, 5) is 30.4. The minimum Gasteiger partial charge on any atom is -0.493 e. The summed E-state index contributed by atoms with van der Waals surface area (Å²) in [5.74, 6) is 1.46. The number of hydrogen-bond acceptors (Lipinski definition) is 5. The molecule has 2 aromatic carbocycles. The van der Waals surface area contributed by atoms with Gasteiger partial charge in [0.2, 0.25) is 0 Å². The van der Waals surface area contributed by atoms with E-state index in [1.807, 2.05) is 30.3 Å². The number of fused-ring (bicyclic) bond motifs is 1. The van der Waals surface area contributed by atoms with Gasteiger partial charge < -0.3 is 14.8 Å². The molecule has 1 N–H and O–H groups in total. The maximum Gasteiger partial charge on any atom is 0.326 e. The molecule has 1 saturated carbocycles. The van der Waals surface area contributed by atoms with E-state index in [1.54, 1.807) is 14.2 Å². The van der Waals surface area contributed by atoms with Crippen LogP contribution in [-0.4, -0.2) is 54.7 Å². The van der Waals surface area contributed by atoms with Crippen molar-refractivity contribution in [3.8, 4) is 11.5 Å². The van der Waals surface area contributed by atoms with Gasteiger partial charge in [-0.05, 0) is 54.0 Å². The second-order valence-electron chi connectivity index (χ2n) is 9.70. The molecule has 180 valence electrons. The van der Waals surface area contributed by atoms with Crippen molar-refractivity contribution in [3.63, 3.8) is 0 Å². The first kappa shape index (κ1) is 22.7. The van der Waals surface area contributed by atoms with E-state index in [-0.39, 0.29) is 30.6 Å². The lowest BCUT2D eigenvalue weighted by Crippen LogP contribution is -2.54. The number of carbonyl (C=O) groups excluding carboxylic acids is 2. The molecule has 0 unspecified atom stereocenters. The number of nitrogens with one attached hydrogen (secondary N) is 1. The maximum atomic E-state index is 13.6. The van der Waals surface area contributed by atoms with Gasteiger partial charge in [0.05, 0.1) is 26.9 Å². The second-order valence-corrected chi connectivity index (χ2v) is 9.70. The molecular weight excluding hydrogens is 430 g/mol. The minimum absolute atomic E-state index is 0.0744. The van der Waals surface area contributed by atoms with Crippen LogP contribution in [0.25, 0.3) is 0 Å². The van der Waals surface area contributed by atoms with E-state index in [4.69, 9.17) is 9.47 Å². The molecule has 1 aliphatic carbocycles. The molecule has 7 nitrogen and oxygen atoms in total. The van der Waals surface area contributed by atoms with E-state index in [2.05, 4.69) is 29.3 Å². The van der Waals surface area contributed by atoms with Gasteiger partial charge in [-0.1, -0.05) is 50.1 Å². The normalized spacial score (nSPS) is 27.0. The van der Waals surface area contributed by atoms with E-state index in [9.17, 15) is 9.59 Å². The number of urea groups is 1. The zero-order valence-electron chi connectivity index (χ0n) is 20.2. The van der Waals surface area contributed by atoms with Gasteiger partial charge >= 0.3 is 6.03 Å². The Hall–Kier alpha value is -3.06. The monoisotopic (exact) mass is 463 g/mol. The van der Waals surface area contributed by atoms with Crippen molar-refractivity contribution in [2.45, 2.75) is 50.6 Å². The molecule has 1 saturated heterocycles. The Bertz CT molecular complexity index is 1090. The van der Waals surface area contributed by atoms with Crippen molar-refractivity contribution < 1.29 is 19.1 Å². The fourth-order valence-corrected chi connectivity index (χ4v) is 5.98. The highest BCUT2D eigenvalue weighted by molar-refractivity contribution is 6.07. The first-order valence-corrected chi connectivity index (χ1v) is 12.2. The molecule has 5 rings (SSSR count). The van der Waals surface area contributed by atoms with Crippen LogP contribution in [0.3, 0.4) is 0 Å². The number of methoxy groups -OCH3 is 2. The lowest BCUT2D eigenvalue weighted by atomic mass is 9.73. The summed E-state index contributed by atoms with van der Waals surface area (Å²) in [5.41, 5.74) is 2.67. The van der Waals surface area contributed by atoms with Crippen LogP contribution in [0.15, 0.2) is 42.5 Å². The van der Waals surface area contributed by atoms with Crippen molar-refractivity contribution in [2.24, 2.45) is 5.92 Å². The third kappa shape index (κ3) is 3.63. The number of benzene rings is 2. The van der Waals surface area contributed by atoms with Gasteiger partial charge in [-0.3, -0.25) is 9.69 Å². The van der Waals surface area contributed by atoms with Crippen LogP contribution in [0.5, 0.6) is 11.5 Å². The highest BCUT2D eigenvalue weighted by Crippen LogP contribution is 2.42. The second kappa shape index (κ2) is 8.95. The van der Waals surface area contributed by atoms with Crippen molar-refractivity contribution in [2.75, 3.05) is 27.4 Å². The summed E-state index contributed by atoms with van der Waals surface area (Å²) >= 11 is 0. The molecule has 2 aliphatic heterocycles. The Morgan fingerprint density at radius 3 is 2.50 bits per heavy atom. The quantitative estimate of drug-likeness (QED) is 0.676. The van der Waals surface area contributed by atoms with Crippen molar-refractivity contribution in [1.29, 1.82) is 0 Å². The van der Waals surface area contributed by atoms with Gasteiger partial charge in [0.1, 0.15) is 5.54 Å². The zero-order chi connectivity index (χ0) is 23.9. The first-order chi connectivity index (χ1) is 16.5. The van der Waals surface area contributed by atoms with Gasteiger partial charge in [-0.2, -0.15) is 0 Å². The number of carbonyl (C=O) groups is 2. The summed E-state index contributed by atoms with van der Waals surface area (Å²) in [6.45, 7) is 3.07. The molecular formula is C27H33N3O4. The molecule has 7 heteroatoms. The number of amides is 3. The highest BCUT2D eigenvalue weighted by atomic mass is 16.5. The predicted molar refractivity (Wildman–Crippen MR) is 129 cm³/mol. The van der Waals surface area contributed by atoms with Gasteiger partial charge in [0.15, 0.2) is 11.5 Å². The highest BCUT2D eigenvalue weighted by Gasteiger charge is 2.55. The molecule has 3 aliphatic rings. The minimum atomic E-state index is -0.748. The van der Waals surface area contributed by atoms with Crippen molar-refractivity contribution in [3.05, 3.63) is 59.2 Å². The van der Waals surface area contributed by atoms with Crippen molar-refractivity contribution in [1.82, 2.24) is 15.1 Å². The van der Waals surface area contributed by atoms with Crippen LogP contribution >= 0.6 is 0 Å². The van der Waals surface area contributed by atoms with Crippen LogP contribution < -0.4 is 14.8 Å². The molecule has 1 spiro atoms. The number of ether oxygens (including phenoxy) is 2. The Kier molecular flexibility index (Phi) is 5.98. The molecule has 2 fully saturated rings. The first-order valence-electron chi connectivity index (χ1n) is 12.2. The molecule has 3 amide bonds. The summed E-state index contributed by atoms with van der Waals surface area (Å²) in [5, 5.41) is 3.09. The lowest BCUT2D eigenvalue weighted by Gasteiger charge is -2.40. The van der Waals surface area contributed by atoms with Gasteiger partial charge in [0.25, 0.3) is 5.91 Å². The fourth-order valence-electron chi connectivity index (χ4n) is 5.98. The standard InChI is InChI=1S/C27H33N3O4/c1-18-9-7-8-13-27(18)25(31)30(26(32)28-27)17-29-14-12-20-15-22(33-2)23(34-3)16-21(20)24(29)19-10-5-4-6-11-19/h4-6,10-11,15-16,18,24H,7-9,12-14,17H2,1-3H3,(H,28,32)/t18-,24+,27+/m1/s1. The third-order valence-electron chi connectivity index (χ3n) is 7.91. The number of imide groups is 1. The summed E-state index contributed by atoms with van der Waals surface area (Å²) < 4.78 is 11.1. The Labute approximate surface area is 201 Å². The average Bonchev–Trinajstić information content (AvgIpc) is 3.10. The molecule has 2 aromatic rings. The number of hydrogen-bond donors (Lipinski definition) is 1. The maximum absolute atomic E-state index is 13.6. The van der Waals surface area contributed by atoms with Gasteiger partial charge in [0, 0.05) is 6.54 Å². The summed E-state index contributed by atoms with van der Waals surface area (Å²) in [6, 6.07) is 13.9. The Balaban J connectivity index is 1.50. The molecule has 0 bridgehead atoms. The smallest absolute Gasteiger partial charge is 0.326 e. The van der Waals surface area contributed by atoms with Crippen LogP contribution in [0.2, 0.25) is 0 Å². The lowest BCUT2D eigenvalue weighted by molar-refractivity contribution is -0.136. The Morgan fingerprint density at radius 2 is 1.79 bits per heavy atom. The van der Waals surface area contributed by atoms with Crippen LogP contribution in [-0.2, 0) is 11.2 Å². The average molecular weight is 464 g/mol. The topological polar surface area (TPSA) is 71.1 Å². The van der Waals surface area contributed by atoms with Crippen LogP contribution in [0, 0.1) is 5.92 Å². The summed E-state index contributed by atoms with van der Waals surface area (Å²) in [6.07, 6.45) is 4.55. The van der Waals surface area contributed by atoms with Crippen LogP contribution in [0.1, 0.15) is 55.3 Å².